The van der Waals surface area contributed by atoms with E-state index in [-0.39, 0.29) is 12.0 Å². The first-order chi connectivity index (χ1) is 9.02. The predicted molar refractivity (Wildman–Crippen MR) is 68.3 cm³/mol. The molecule has 2 heterocycles. The Morgan fingerprint density at radius 2 is 2.32 bits per heavy atom. The molecule has 2 rings (SSSR count). The second-order valence-corrected chi connectivity index (χ2v) is 4.92. The Balaban J connectivity index is 2.23. The first-order valence-electron chi connectivity index (χ1n) is 6.31. The number of amides is 1. The fourth-order valence-corrected chi connectivity index (χ4v) is 2.62. The van der Waals surface area contributed by atoms with Crippen molar-refractivity contribution in [2.45, 2.75) is 38.6 Å². The number of rotatable bonds is 2. The van der Waals surface area contributed by atoms with E-state index in [0.717, 1.165) is 12.0 Å². The minimum absolute atomic E-state index is 0.0639. The van der Waals surface area contributed by atoms with Gasteiger partial charge in [0.05, 0.1) is 11.3 Å². The Kier molecular flexibility index (Phi) is 3.78. The molecule has 1 aromatic rings. The third-order valence-electron chi connectivity index (χ3n) is 3.60. The van der Waals surface area contributed by atoms with Gasteiger partial charge in [-0.15, -0.1) is 0 Å². The molecule has 6 nitrogen and oxygen atoms in total. The molecule has 0 aliphatic carbocycles. The van der Waals surface area contributed by atoms with E-state index in [1.165, 1.54) is 4.90 Å². The van der Waals surface area contributed by atoms with Gasteiger partial charge in [0.15, 0.2) is 6.29 Å². The first-order valence-corrected chi connectivity index (χ1v) is 6.31. The van der Waals surface area contributed by atoms with Crippen LogP contribution < -0.4 is 0 Å². The fourth-order valence-electron chi connectivity index (χ4n) is 2.62. The van der Waals surface area contributed by atoms with Crippen molar-refractivity contribution in [1.29, 1.82) is 0 Å². The Morgan fingerprint density at radius 3 is 2.89 bits per heavy atom. The number of likely N-dealkylation sites (tertiary alicyclic amines) is 1. The summed E-state index contributed by atoms with van der Waals surface area (Å²) in [7, 11) is 0. The highest BCUT2D eigenvalue weighted by molar-refractivity contribution is 5.76. The molecule has 0 saturated carbocycles. The molecule has 0 aromatic carbocycles. The third kappa shape index (κ3) is 2.72. The normalized spacial score (nSPS) is 23.2. The Morgan fingerprint density at radius 1 is 1.58 bits per heavy atom. The van der Waals surface area contributed by atoms with Crippen LogP contribution in [-0.4, -0.2) is 44.9 Å². The largest absolute Gasteiger partial charge is 0.465 e. The van der Waals surface area contributed by atoms with Crippen molar-refractivity contribution in [2.24, 2.45) is 0 Å². The third-order valence-corrected chi connectivity index (χ3v) is 3.60. The average molecular weight is 263 g/mol. The van der Waals surface area contributed by atoms with E-state index < -0.39 is 6.09 Å². The molecule has 1 amide bonds. The zero-order valence-electron chi connectivity index (χ0n) is 11.0. The molecule has 0 spiro atoms. The number of carbonyl (C=O) groups excluding carboxylic acids is 1. The molecule has 6 heteroatoms. The van der Waals surface area contributed by atoms with Gasteiger partial charge < -0.3 is 10.0 Å². The van der Waals surface area contributed by atoms with Gasteiger partial charge in [-0.25, -0.2) is 14.8 Å². The SMILES string of the molecule is Cc1ncc(C=O)c(C2CCN(C(=O)O)C(C)C2)n1. The van der Waals surface area contributed by atoms with Crippen molar-refractivity contribution in [3.63, 3.8) is 0 Å². The number of hydrogen-bond acceptors (Lipinski definition) is 4. The number of hydrogen-bond donors (Lipinski definition) is 1. The van der Waals surface area contributed by atoms with Crippen LogP contribution in [0.3, 0.4) is 0 Å². The summed E-state index contributed by atoms with van der Waals surface area (Å²) in [4.78, 5) is 31.9. The van der Waals surface area contributed by atoms with E-state index in [2.05, 4.69) is 9.97 Å². The van der Waals surface area contributed by atoms with Crippen molar-refractivity contribution in [2.75, 3.05) is 6.54 Å². The highest BCUT2D eigenvalue weighted by atomic mass is 16.4. The van der Waals surface area contributed by atoms with E-state index in [1.54, 1.807) is 13.1 Å². The van der Waals surface area contributed by atoms with Gasteiger partial charge in [0.2, 0.25) is 0 Å². The molecule has 2 unspecified atom stereocenters. The summed E-state index contributed by atoms with van der Waals surface area (Å²) in [6.45, 7) is 4.14. The summed E-state index contributed by atoms with van der Waals surface area (Å²) in [6, 6.07) is -0.0639. The van der Waals surface area contributed by atoms with Gasteiger partial charge in [-0.2, -0.15) is 0 Å². The Hall–Kier alpha value is -1.98. The van der Waals surface area contributed by atoms with Crippen LogP contribution in [0.15, 0.2) is 6.20 Å². The molecule has 1 fully saturated rings. The first kappa shape index (κ1) is 13.5. The minimum atomic E-state index is -0.888. The molecule has 2 atom stereocenters. The van der Waals surface area contributed by atoms with Crippen molar-refractivity contribution in [3.8, 4) is 0 Å². The van der Waals surface area contributed by atoms with Gasteiger partial charge in [-0.3, -0.25) is 4.79 Å². The lowest BCUT2D eigenvalue weighted by Crippen LogP contribution is -2.43. The highest BCUT2D eigenvalue weighted by Gasteiger charge is 2.31. The van der Waals surface area contributed by atoms with Crippen molar-refractivity contribution >= 4 is 12.4 Å². The van der Waals surface area contributed by atoms with Crippen LogP contribution >= 0.6 is 0 Å². The lowest BCUT2D eigenvalue weighted by Gasteiger charge is -2.35. The molecular weight excluding hydrogens is 246 g/mol. The molecule has 0 radical (unpaired) electrons. The maximum absolute atomic E-state index is 11.1. The number of piperidine rings is 1. The molecule has 0 bridgehead atoms. The molecule has 1 saturated heterocycles. The maximum Gasteiger partial charge on any atom is 0.407 e. The number of nitrogens with zero attached hydrogens (tertiary/aromatic N) is 3. The quantitative estimate of drug-likeness (QED) is 0.823. The van der Waals surface area contributed by atoms with Crippen molar-refractivity contribution < 1.29 is 14.7 Å². The van der Waals surface area contributed by atoms with Gasteiger partial charge in [0.25, 0.3) is 0 Å². The molecule has 19 heavy (non-hydrogen) atoms. The average Bonchev–Trinajstić information content (AvgIpc) is 2.38. The van der Waals surface area contributed by atoms with E-state index in [4.69, 9.17) is 5.11 Å². The van der Waals surface area contributed by atoms with E-state index in [9.17, 15) is 9.59 Å². The lowest BCUT2D eigenvalue weighted by molar-refractivity contribution is 0.105. The van der Waals surface area contributed by atoms with Crippen LogP contribution in [0.2, 0.25) is 0 Å². The molecule has 1 aromatic heterocycles. The summed E-state index contributed by atoms with van der Waals surface area (Å²) >= 11 is 0. The van der Waals surface area contributed by atoms with E-state index in [1.807, 2.05) is 6.92 Å². The monoisotopic (exact) mass is 263 g/mol. The van der Waals surface area contributed by atoms with Crippen LogP contribution in [0.4, 0.5) is 4.79 Å². The van der Waals surface area contributed by atoms with Crippen LogP contribution in [0.25, 0.3) is 0 Å². The summed E-state index contributed by atoms with van der Waals surface area (Å²) in [5.41, 5.74) is 1.26. The number of aromatic nitrogens is 2. The van der Waals surface area contributed by atoms with Gasteiger partial charge in [-0.1, -0.05) is 0 Å². The smallest absolute Gasteiger partial charge is 0.407 e. The second kappa shape index (κ2) is 5.34. The zero-order chi connectivity index (χ0) is 14.0. The minimum Gasteiger partial charge on any atom is -0.465 e. The fraction of sp³-hybridized carbons (Fsp3) is 0.538. The van der Waals surface area contributed by atoms with Gasteiger partial charge in [-0.05, 0) is 26.7 Å². The van der Waals surface area contributed by atoms with Crippen molar-refractivity contribution in [1.82, 2.24) is 14.9 Å². The molecule has 102 valence electrons. The molecule has 1 N–H and O–H groups in total. The van der Waals surface area contributed by atoms with Crippen LogP contribution in [0, 0.1) is 6.92 Å². The van der Waals surface area contributed by atoms with Crippen LogP contribution in [-0.2, 0) is 0 Å². The molecule has 1 aliphatic heterocycles. The van der Waals surface area contributed by atoms with Crippen LogP contribution in [0.1, 0.15) is 47.6 Å². The van der Waals surface area contributed by atoms with Gasteiger partial charge >= 0.3 is 6.09 Å². The number of aldehydes is 1. The summed E-state index contributed by atoms with van der Waals surface area (Å²) in [6.07, 6.45) is 2.79. The zero-order valence-corrected chi connectivity index (χ0v) is 11.0. The molecular formula is C13H17N3O3. The number of aryl methyl sites for hydroxylation is 1. The van der Waals surface area contributed by atoms with E-state index in [0.29, 0.717) is 30.8 Å². The highest BCUT2D eigenvalue weighted by Crippen LogP contribution is 2.31. The topological polar surface area (TPSA) is 83.4 Å². The molecule has 1 aliphatic rings. The van der Waals surface area contributed by atoms with E-state index >= 15 is 0 Å². The number of carbonyl (C=O) groups is 2. The summed E-state index contributed by atoms with van der Waals surface area (Å²) in [5, 5.41) is 9.05. The van der Waals surface area contributed by atoms with Crippen molar-refractivity contribution in [3.05, 3.63) is 23.3 Å². The van der Waals surface area contributed by atoms with Gasteiger partial charge in [0, 0.05) is 24.7 Å². The number of carboxylic acid groups (broad SMARTS) is 1. The maximum atomic E-state index is 11.1. The summed E-state index contributed by atoms with van der Waals surface area (Å²) < 4.78 is 0. The van der Waals surface area contributed by atoms with Crippen LogP contribution in [0.5, 0.6) is 0 Å². The standard InChI is InChI=1S/C13H17N3O3/c1-8-5-10(3-4-16(8)13(18)19)12-11(7-17)6-14-9(2)15-12/h6-8,10H,3-5H2,1-2H3,(H,18,19). The predicted octanol–water partition coefficient (Wildman–Crippen LogP) is 1.84. The Bertz CT molecular complexity index is 504. The second-order valence-electron chi connectivity index (χ2n) is 4.92. The lowest BCUT2D eigenvalue weighted by atomic mass is 9.87. The summed E-state index contributed by atoms with van der Waals surface area (Å²) in [5.74, 6) is 0.751. The van der Waals surface area contributed by atoms with Gasteiger partial charge in [0.1, 0.15) is 5.82 Å². The Labute approximate surface area is 111 Å².